The van der Waals surface area contributed by atoms with E-state index in [2.05, 4.69) is 5.32 Å². The molecule has 0 spiro atoms. The first-order valence-corrected chi connectivity index (χ1v) is 10.7. The number of imide groups is 1. The summed E-state index contributed by atoms with van der Waals surface area (Å²) in [6.07, 6.45) is 0.630. The van der Waals surface area contributed by atoms with Gasteiger partial charge in [0.1, 0.15) is 5.54 Å². The molecule has 0 saturated carbocycles. The molecule has 0 radical (unpaired) electrons. The fourth-order valence-electron chi connectivity index (χ4n) is 3.79. The zero-order valence-electron chi connectivity index (χ0n) is 17.3. The zero-order valence-corrected chi connectivity index (χ0v) is 18.8. The van der Waals surface area contributed by atoms with Crippen molar-refractivity contribution in [2.24, 2.45) is 0 Å². The summed E-state index contributed by atoms with van der Waals surface area (Å²) in [5, 5.41) is 4.17. The minimum atomic E-state index is -1.08. The Morgan fingerprint density at radius 1 is 0.903 bits per heavy atom. The normalized spacial score (nSPS) is 18.4. The molecule has 0 aromatic heterocycles. The van der Waals surface area contributed by atoms with Gasteiger partial charge in [-0.3, -0.25) is 9.69 Å². The van der Waals surface area contributed by atoms with E-state index in [1.807, 2.05) is 67.6 Å². The quantitative estimate of drug-likeness (QED) is 0.492. The van der Waals surface area contributed by atoms with Crippen LogP contribution in [-0.2, 0) is 23.3 Å². The van der Waals surface area contributed by atoms with E-state index in [1.54, 1.807) is 13.0 Å². The van der Waals surface area contributed by atoms with Crippen LogP contribution in [0.2, 0.25) is 10.0 Å². The maximum absolute atomic E-state index is 13.2. The van der Waals surface area contributed by atoms with Crippen LogP contribution in [0.25, 0.3) is 0 Å². The second-order valence-corrected chi connectivity index (χ2v) is 8.89. The molecule has 0 aliphatic carbocycles. The van der Waals surface area contributed by atoms with Crippen LogP contribution in [0.15, 0.2) is 66.7 Å². The average Bonchev–Trinajstić information content (AvgIpc) is 2.96. The molecule has 1 aliphatic rings. The first-order chi connectivity index (χ1) is 14.8. The molecular weight excluding hydrogens is 431 g/mol. The molecular formula is C25H22Cl2N2O2. The Morgan fingerprint density at radius 2 is 1.55 bits per heavy atom. The molecule has 0 bridgehead atoms. The van der Waals surface area contributed by atoms with Crippen LogP contribution in [0.4, 0.5) is 4.79 Å². The van der Waals surface area contributed by atoms with Gasteiger partial charge >= 0.3 is 6.03 Å². The Balaban J connectivity index is 1.56. The molecule has 1 fully saturated rings. The van der Waals surface area contributed by atoms with E-state index in [1.165, 1.54) is 4.90 Å². The number of halogens is 2. The van der Waals surface area contributed by atoms with Crippen LogP contribution in [0.1, 0.15) is 34.7 Å². The third kappa shape index (κ3) is 4.32. The van der Waals surface area contributed by atoms with Crippen molar-refractivity contribution in [1.29, 1.82) is 0 Å². The highest BCUT2D eigenvalue weighted by atomic mass is 35.5. The van der Waals surface area contributed by atoms with E-state index in [0.29, 0.717) is 16.5 Å². The summed E-state index contributed by atoms with van der Waals surface area (Å²) in [5.74, 6) is -0.268. The predicted octanol–water partition coefficient (Wildman–Crippen LogP) is 5.86. The molecule has 3 aromatic rings. The molecule has 31 heavy (non-hydrogen) atoms. The van der Waals surface area contributed by atoms with Crippen LogP contribution < -0.4 is 5.32 Å². The van der Waals surface area contributed by atoms with E-state index in [0.717, 1.165) is 27.8 Å². The number of hydrogen-bond donors (Lipinski definition) is 1. The highest BCUT2D eigenvalue weighted by molar-refractivity contribution is 6.31. The number of nitrogens with one attached hydrogen (secondary N) is 1. The Bertz CT molecular complexity index is 1140. The van der Waals surface area contributed by atoms with Crippen molar-refractivity contribution in [3.05, 3.63) is 105 Å². The van der Waals surface area contributed by atoms with Gasteiger partial charge in [-0.2, -0.15) is 0 Å². The number of amides is 3. The van der Waals surface area contributed by atoms with E-state index in [9.17, 15) is 9.59 Å². The Hall–Kier alpha value is -2.82. The molecule has 1 saturated heterocycles. The lowest BCUT2D eigenvalue weighted by molar-refractivity contribution is -0.131. The van der Waals surface area contributed by atoms with Gasteiger partial charge in [-0.15, -0.1) is 0 Å². The maximum atomic E-state index is 13.2. The highest BCUT2D eigenvalue weighted by Gasteiger charge is 2.48. The first-order valence-electron chi connectivity index (χ1n) is 9.99. The van der Waals surface area contributed by atoms with Crippen molar-refractivity contribution >= 4 is 35.1 Å². The van der Waals surface area contributed by atoms with Crippen molar-refractivity contribution in [1.82, 2.24) is 10.2 Å². The molecule has 158 valence electrons. The topological polar surface area (TPSA) is 49.4 Å². The third-order valence-electron chi connectivity index (χ3n) is 5.66. The number of aryl methyl sites for hydroxylation is 1. The third-order valence-corrected chi connectivity index (χ3v) is 6.28. The van der Waals surface area contributed by atoms with Crippen molar-refractivity contribution in [3.8, 4) is 0 Å². The van der Waals surface area contributed by atoms with E-state index < -0.39 is 11.6 Å². The minimum Gasteiger partial charge on any atom is -0.319 e. The van der Waals surface area contributed by atoms with Crippen LogP contribution in [0.3, 0.4) is 0 Å². The Kier molecular flexibility index (Phi) is 5.78. The summed E-state index contributed by atoms with van der Waals surface area (Å²) in [6, 6.07) is 20.4. The van der Waals surface area contributed by atoms with Gasteiger partial charge in [-0.1, -0.05) is 77.3 Å². The summed E-state index contributed by atoms with van der Waals surface area (Å²) in [5.41, 5.74) is 3.61. The Labute approximate surface area is 191 Å². The molecule has 1 N–H and O–H groups in total. The zero-order chi connectivity index (χ0) is 22.2. The molecule has 1 aliphatic heterocycles. The van der Waals surface area contributed by atoms with Crippen molar-refractivity contribution in [3.63, 3.8) is 0 Å². The van der Waals surface area contributed by atoms with Crippen LogP contribution in [0.5, 0.6) is 0 Å². The minimum absolute atomic E-state index is 0.177. The van der Waals surface area contributed by atoms with Gasteiger partial charge in [0, 0.05) is 10.0 Å². The van der Waals surface area contributed by atoms with Gasteiger partial charge in [0.2, 0.25) is 0 Å². The Morgan fingerprint density at radius 3 is 2.23 bits per heavy atom. The van der Waals surface area contributed by atoms with Gasteiger partial charge in [0.05, 0.1) is 6.54 Å². The monoisotopic (exact) mass is 452 g/mol. The lowest BCUT2D eigenvalue weighted by Crippen LogP contribution is -2.40. The number of benzene rings is 3. The molecule has 1 atom stereocenters. The van der Waals surface area contributed by atoms with Gasteiger partial charge in [0.15, 0.2) is 0 Å². The fraction of sp³-hybridized carbons (Fsp3) is 0.200. The number of rotatable bonds is 5. The fourth-order valence-corrected chi connectivity index (χ4v) is 4.10. The molecule has 3 amide bonds. The van der Waals surface area contributed by atoms with Crippen molar-refractivity contribution in [2.45, 2.75) is 32.4 Å². The average molecular weight is 453 g/mol. The van der Waals surface area contributed by atoms with Crippen LogP contribution in [0, 0.1) is 6.92 Å². The van der Waals surface area contributed by atoms with Crippen molar-refractivity contribution in [2.75, 3.05) is 0 Å². The highest BCUT2D eigenvalue weighted by Crippen LogP contribution is 2.31. The number of carbonyl (C=O) groups is 2. The smallest absolute Gasteiger partial charge is 0.319 e. The molecule has 6 heteroatoms. The van der Waals surface area contributed by atoms with Gasteiger partial charge in [0.25, 0.3) is 5.91 Å². The number of hydrogen-bond acceptors (Lipinski definition) is 2. The summed E-state index contributed by atoms with van der Waals surface area (Å²) in [4.78, 5) is 27.1. The summed E-state index contributed by atoms with van der Waals surface area (Å²) >= 11 is 12.4. The summed E-state index contributed by atoms with van der Waals surface area (Å²) in [6.45, 7) is 3.90. The lowest BCUT2D eigenvalue weighted by atomic mass is 9.91. The van der Waals surface area contributed by atoms with Gasteiger partial charge < -0.3 is 5.32 Å². The second kappa shape index (κ2) is 8.37. The number of nitrogens with zero attached hydrogens (tertiary/aromatic N) is 1. The van der Waals surface area contributed by atoms with Crippen molar-refractivity contribution < 1.29 is 9.59 Å². The first kappa shape index (κ1) is 21.4. The molecule has 4 rings (SSSR count). The van der Waals surface area contributed by atoms with E-state index in [-0.39, 0.29) is 12.5 Å². The van der Waals surface area contributed by atoms with E-state index >= 15 is 0 Å². The standard InChI is InChI=1S/C25H22Cl2N2O2/c1-16-3-8-20(9-4-16)25(2)23(30)29(24(31)28-25)15-18-7-12-22(27)19(14-18)13-17-5-10-21(26)11-6-17/h3-12,14H,13,15H2,1-2H3,(H,28,31)/t25-/m0/s1. The van der Waals surface area contributed by atoms with Crippen LogP contribution >= 0.6 is 23.2 Å². The van der Waals surface area contributed by atoms with E-state index in [4.69, 9.17) is 23.2 Å². The summed E-state index contributed by atoms with van der Waals surface area (Å²) < 4.78 is 0. The van der Waals surface area contributed by atoms with Gasteiger partial charge in [-0.05, 0) is 60.7 Å². The SMILES string of the molecule is Cc1ccc([C@]2(C)NC(=O)N(Cc3ccc(Cl)c(Cc4ccc(Cl)cc4)c3)C2=O)cc1. The molecule has 4 nitrogen and oxygen atoms in total. The molecule has 0 unspecified atom stereocenters. The maximum Gasteiger partial charge on any atom is 0.325 e. The second-order valence-electron chi connectivity index (χ2n) is 8.04. The molecule has 1 heterocycles. The number of urea groups is 1. The van der Waals surface area contributed by atoms with Crippen LogP contribution in [-0.4, -0.2) is 16.8 Å². The predicted molar refractivity (Wildman–Crippen MR) is 123 cm³/mol. The largest absolute Gasteiger partial charge is 0.325 e. The summed E-state index contributed by atoms with van der Waals surface area (Å²) in [7, 11) is 0. The molecule has 3 aromatic carbocycles. The lowest BCUT2D eigenvalue weighted by Gasteiger charge is -2.22. The number of carbonyl (C=O) groups excluding carboxylic acids is 2. The van der Waals surface area contributed by atoms with Gasteiger partial charge in [-0.25, -0.2) is 4.79 Å².